The Morgan fingerprint density at radius 1 is 1.50 bits per heavy atom. The van der Waals surface area contributed by atoms with E-state index in [2.05, 4.69) is 15.5 Å². The van der Waals surface area contributed by atoms with Gasteiger partial charge in [-0.05, 0) is 11.4 Å². The van der Waals surface area contributed by atoms with Crippen molar-refractivity contribution in [1.82, 2.24) is 10.2 Å². The quantitative estimate of drug-likeness (QED) is 0.735. The number of carbonyl (C=O) groups is 2. The minimum absolute atomic E-state index is 0.307. The standard InChI is InChI=1S/C9H8N4O2S/c10-7(14)6-1-2-16-9(6)13-8(15)5-3-11-12-4-5/h1-4H,(H2,10,14)(H,11,12)(H,13,15). The highest BCUT2D eigenvalue weighted by atomic mass is 32.1. The van der Waals surface area contributed by atoms with Gasteiger partial charge in [-0.15, -0.1) is 11.3 Å². The van der Waals surface area contributed by atoms with Crippen LogP contribution in [0.5, 0.6) is 0 Å². The highest BCUT2D eigenvalue weighted by molar-refractivity contribution is 7.14. The fraction of sp³-hybridized carbons (Fsp3) is 0. The Kier molecular flexibility index (Phi) is 2.69. The summed E-state index contributed by atoms with van der Waals surface area (Å²) in [5, 5.41) is 10.9. The number of nitrogens with two attached hydrogens (primary N) is 1. The first-order valence-corrected chi connectivity index (χ1v) is 5.24. The minimum Gasteiger partial charge on any atom is -0.366 e. The van der Waals surface area contributed by atoms with Gasteiger partial charge in [0, 0.05) is 6.20 Å². The second kappa shape index (κ2) is 4.15. The second-order valence-corrected chi connectivity index (χ2v) is 3.88. The van der Waals surface area contributed by atoms with Gasteiger partial charge in [-0.1, -0.05) is 0 Å². The lowest BCUT2D eigenvalue weighted by molar-refractivity contribution is 0.100. The number of nitrogens with zero attached hydrogens (tertiary/aromatic N) is 1. The third-order valence-electron chi connectivity index (χ3n) is 1.92. The van der Waals surface area contributed by atoms with Gasteiger partial charge in [0.05, 0.1) is 17.3 Å². The van der Waals surface area contributed by atoms with Crippen LogP contribution in [0.15, 0.2) is 23.8 Å². The van der Waals surface area contributed by atoms with E-state index in [1.54, 1.807) is 11.4 Å². The van der Waals surface area contributed by atoms with Crippen LogP contribution in [0.4, 0.5) is 5.00 Å². The van der Waals surface area contributed by atoms with Crippen LogP contribution in [0.2, 0.25) is 0 Å². The van der Waals surface area contributed by atoms with Gasteiger partial charge in [-0.3, -0.25) is 14.7 Å². The largest absolute Gasteiger partial charge is 0.366 e. The molecule has 0 saturated carbocycles. The predicted molar refractivity (Wildman–Crippen MR) is 59.4 cm³/mol. The lowest BCUT2D eigenvalue weighted by Gasteiger charge is -2.01. The molecule has 2 amide bonds. The Morgan fingerprint density at radius 2 is 2.31 bits per heavy atom. The molecular formula is C9H8N4O2S. The first kappa shape index (κ1) is 10.4. The lowest BCUT2D eigenvalue weighted by atomic mass is 10.3. The van der Waals surface area contributed by atoms with Gasteiger partial charge < -0.3 is 11.1 Å². The summed E-state index contributed by atoms with van der Waals surface area (Å²) in [5.41, 5.74) is 5.85. The molecule has 0 unspecified atom stereocenters. The Bertz CT molecular complexity index is 517. The Labute approximate surface area is 94.5 Å². The number of aromatic nitrogens is 2. The summed E-state index contributed by atoms with van der Waals surface area (Å²) in [7, 11) is 0. The number of rotatable bonds is 3. The van der Waals surface area contributed by atoms with Crippen LogP contribution in [0.3, 0.4) is 0 Å². The normalized spacial score (nSPS) is 10.0. The molecule has 0 aliphatic heterocycles. The molecule has 0 aliphatic carbocycles. The van der Waals surface area contributed by atoms with E-state index in [-0.39, 0.29) is 5.91 Å². The molecule has 0 bridgehead atoms. The average Bonchev–Trinajstić information content (AvgIpc) is 2.86. The lowest BCUT2D eigenvalue weighted by Crippen LogP contribution is -2.16. The molecule has 6 nitrogen and oxygen atoms in total. The van der Waals surface area contributed by atoms with Crippen molar-refractivity contribution in [2.24, 2.45) is 5.73 Å². The number of H-pyrrole nitrogens is 1. The molecular weight excluding hydrogens is 228 g/mol. The molecule has 2 aromatic rings. The zero-order valence-corrected chi connectivity index (χ0v) is 8.88. The van der Waals surface area contributed by atoms with E-state index in [1.807, 2.05) is 0 Å². The molecule has 0 saturated heterocycles. The van der Waals surface area contributed by atoms with E-state index < -0.39 is 5.91 Å². The van der Waals surface area contributed by atoms with Crippen molar-refractivity contribution in [3.63, 3.8) is 0 Å². The highest BCUT2D eigenvalue weighted by Gasteiger charge is 2.13. The first-order chi connectivity index (χ1) is 7.68. The molecule has 2 heterocycles. The third kappa shape index (κ3) is 1.94. The molecule has 0 aromatic carbocycles. The van der Waals surface area contributed by atoms with E-state index in [4.69, 9.17) is 5.73 Å². The number of amides is 2. The number of aromatic amines is 1. The summed E-state index contributed by atoms with van der Waals surface area (Å²) >= 11 is 1.24. The van der Waals surface area contributed by atoms with Gasteiger partial charge in [0.25, 0.3) is 11.8 Å². The average molecular weight is 236 g/mol. The van der Waals surface area contributed by atoms with Crippen molar-refractivity contribution in [1.29, 1.82) is 0 Å². The van der Waals surface area contributed by atoms with Crippen molar-refractivity contribution < 1.29 is 9.59 Å². The smallest absolute Gasteiger partial charge is 0.259 e. The summed E-state index contributed by atoms with van der Waals surface area (Å²) in [6.45, 7) is 0. The Balaban J connectivity index is 2.18. The molecule has 0 radical (unpaired) electrons. The van der Waals surface area contributed by atoms with E-state index in [0.717, 1.165) is 0 Å². The van der Waals surface area contributed by atoms with E-state index in [0.29, 0.717) is 16.1 Å². The minimum atomic E-state index is -0.566. The summed E-state index contributed by atoms with van der Waals surface area (Å²) in [5.74, 6) is -0.901. The molecule has 7 heteroatoms. The zero-order valence-electron chi connectivity index (χ0n) is 8.06. The molecule has 4 N–H and O–H groups in total. The van der Waals surface area contributed by atoms with Crippen molar-refractivity contribution in [3.05, 3.63) is 35.0 Å². The molecule has 0 fully saturated rings. The van der Waals surface area contributed by atoms with E-state index >= 15 is 0 Å². The van der Waals surface area contributed by atoms with Crippen LogP contribution in [0, 0.1) is 0 Å². The summed E-state index contributed by atoms with van der Waals surface area (Å²) < 4.78 is 0. The first-order valence-electron chi connectivity index (χ1n) is 4.36. The van der Waals surface area contributed by atoms with Gasteiger partial charge in [0.1, 0.15) is 5.00 Å². The molecule has 0 aliphatic rings. The fourth-order valence-corrected chi connectivity index (χ4v) is 1.94. The van der Waals surface area contributed by atoms with Crippen molar-refractivity contribution in [3.8, 4) is 0 Å². The number of anilines is 1. The number of primary amides is 1. The van der Waals surface area contributed by atoms with E-state index in [1.165, 1.54) is 23.7 Å². The summed E-state index contributed by atoms with van der Waals surface area (Å²) in [6, 6.07) is 1.57. The maximum atomic E-state index is 11.6. The number of hydrogen-bond acceptors (Lipinski definition) is 4. The summed E-state index contributed by atoms with van der Waals surface area (Å²) in [4.78, 5) is 22.6. The van der Waals surface area contributed by atoms with Crippen LogP contribution < -0.4 is 11.1 Å². The Hall–Kier alpha value is -2.15. The number of thiophene rings is 1. The maximum absolute atomic E-state index is 11.6. The van der Waals surface area contributed by atoms with Crippen LogP contribution in [-0.2, 0) is 0 Å². The molecule has 0 atom stereocenters. The molecule has 2 aromatic heterocycles. The molecule has 0 spiro atoms. The van der Waals surface area contributed by atoms with Gasteiger partial charge in [-0.25, -0.2) is 0 Å². The van der Waals surface area contributed by atoms with Crippen LogP contribution in [-0.4, -0.2) is 22.0 Å². The maximum Gasteiger partial charge on any atom is 0.259 e. The van der Waals surface area contributed by atoms with Crippen molar-refractivity contribution in [2.75, 3.05) is 5.32 Å². The van der Waals surface area contributed by atoms with Crippen LogP contribution in [0.25, 0.3) is 0 Å². The molecule has 16 heavy (non-hydrogen) atoms. The van der Waals surface area contributed by atoms with Crippen molar-refractivity contribution >= 4 is 28.2 Å². The van der Waals surface area contributed by atoms with Crippen molar-refractivity contribution in [2.45, 2.75) is 0 Å². The van der Waals surface area contributed by atoms with Gasteiger partial charge in [0.15, 0.2) is 0 Å². The topological polar surface area (TPSA) is 101 Å². The van der Waals surface area contributed by atoms with Crippen LogP contribution >= 0.6 is 11.3 Å². The van der Waals surface area contributed by atoms with E-state index in [9.17, 15) is 9.59 Å². The number of carbonyl (C=O) groups excluding carboxylic acids is 2. The fourth-order valence-electron chi connectivity index (χ4n) is 1.15. The Morgan fingerprint density at radius 3 is 2.94 bits per heavy atom. The number of hydrogen-bond donors (Lipinski definition) is 3. The van der Waals surface area contributed by atoms with Gasteiger partial charge in [-0.2, -0.15) is 5.10 Å². The predicted octanol–water partition coefficient (Wildman–Crippen LogP) is 0.822. The van der Waals surface area contributed by atoms with Crippen LogP contribution in [0.1, 0.15) is 20.7 Å². The van der Waals surface area contributed by atoms with Gasteiger partial charge in [0.2, 0.25) is 0 Å². The number of nitrogens with one attached hydrogen (secondary N) is 2. The second-order valence-electron chi connectivity index (χ2n) is 2.97. The monoisotopic (exact) mass is 236 g/mol. The summed E-state index contributed by atoms with van der Waals surface area (Å²) in [6.07, 6.45) is 2.86. The molecule has 82 valence electrons. The highest BCUT2D eigenvalue weighted by Crippen LogP contribution is 2.23. The van der Waals surface area contributed by atoms with Gasteiger partial charge >= 0.3 is 0 Å². The molecule has 2 rings (SSSR count). The third-order valence-corrected chi connectivity index (χ3v) is 2.75. The zero-order chi connectivity index (χ0) is 11.5. The SMILES string of the molecule is NC(=O)c1ccsc1NC(=O)c1cn[nH]c1.